The van der Waals surface area contributed by atoms with Crippen molar-refractivity contribution in [2.24, 2.45) is 0 Å². The van der Waals surface area contributed by atoms with E-state index in [-0.39, 0.29) is 17.9 Å². The molecule has 1 aromatic carbocycles. The molecule has 1 heterocycles. The normalized spacial score (nSPS) is 13.2. The lowest BCUT2D eigenvalue weighted by Crippen LogP contribution is -2.47. The van der Waals surface area contributed by atoms with Gasteiger partial charge < -0.3 is 10.6 Å². The topological polar surface area (TPSA) is 76.0 Å². The first-order valence-corrected chi connectivity index (χ1v) is 9.05. The number of carbonyl (C=O) groups is 2. The monoisotopic (exact) mass is 376 g/mol. The second-order valence-corrected chi connectivity index (χ2v) is 6.83. The maximum atomic E-state index is 12.4. The number of hydrogen-bond donors (Lipinski definition) is 2. The highest BCUT2D eigenvalue weighted by Gasteiger charge is 2.18. The van der Waals surface area contributed by atoms with Gasteiger partial charge in [-0.15, -0.1) is 0 Å². The van der Waals surface area contributed by atoms with Crippen molar-refractivity contribution in [2.45, 2.75) is 53.1 Å². The Hall–Kier alpha value is -2.34. The van der Waals surface area contributed by atoms with Crippen LogP contribution in [0.4, 0.5) is 0 Å². The Morgan fingerprint density at radius 3 is 2.27 bits per heavy atom. The molecule has 0 bridgehead atoms. The lowest BCUT2D eigenvalue weighted by Gasteiger charge is -2.17. The minimum atomic E-state index is -0.606. The second-order valence-electron chi connectivity index (χ2n) is 6.46. The third kappa shape index (κ3) is 4.43. The Morgan fingerprint density at radius 2 is 1.77 bits per heavy atom. The van der Waals surface area contributed by atoms with Gasteiger partial charge in [0.1, 0.15) is 6.04 Å². The lowest BCUT2D eigenvalue weighted by atomic mass is 10.1. The van der Waals surface area contributed by atoms with E-state index in [0.717, 1.165) is 23.5 Å². The summed E-state index contributed by atoms with van der Waals surface area (Å²) in [6, 6.07) is 6.48. The molecule has 6 nitrogen and oxygen atoms in total. The summed E-state index contributed by atoms with van der Waals surface area (Å²) >= 11 is 6.18. The van der Waals surface area contributed by atoms with Crippen LogP contribution in [0, 0.1) is 13.8 Å². The third-order valence-corrected chi connectivity index (χ3v) is 4.87. The first-order valence-electron chi connectivity index (χ1n) is 8.68. The van der Waals surface area contributed by atoms with Crippen LogP contribution >= 0.6 is 11.6 Å². The number of carbonyl (C=O) groups excluding carboxylic acids is 2. The van der Waals surface area contributed by atoms with E-state index in [1.165, 1.54) is 0 Å². The number of halogens is 1. The molecule has 0 radical (unpaired) electrons. The molecule has 0 aliphatic rings. The van der Waals surface area contributed by atoms with Crippen molar-refractivity contribution in [3.8, 4) is 5.69 Å². The molecule has 140 valence electrons. The SMILES string of the molecule is CCC(C)NC(=O)C(C)NC(=O)c1ccc(-n2nc(C)c(Cl)c2C)cc1. The van der Waals surface area contributed by atoms with Crippen LogP contribution in [0.5, 0.6) is 0 Å². The predicted molar refractivity (Wildman–Crippen MR) is 103 cm³/mol. The molecule has 7 heteroatoms. The van der Waals surface area contributed by atoms with Crippen molar-refractivity contribution in [2.75, 3.05) is 0 Å². The molecule has 26 heavy (non-hydrogen) atoms. The molecule has 0 spiro atoms. The van der Waals surface area contributed by atoms with Crippen molar-refractivity contribution in [3.05, 3.63) is 46.2 Å². The molecule has 1 aromatic heterocycles. The zero-order valence-electron chi connectivity index (χ0n) is 15.8. The summed E-state index contributed by atoms with van der Waals surface area (Å²) in [7, 11) is 0. The van der Waals surface area contributed by atoms with Crippen LogP contribution < -0.4 is 10.6 Å². The van der Waals surface area contributed by atoms with Gasteiger partial charge in [-0.05, 0) is 58.4 Å². The van der Waals surface area contributed by atoms with Crippen LogP contribution in [0.1, 0.15) is 48.9 Å². The Kier molecular flexibility index (Phi) is 6.42. The zero-order valence-corrected chi connectivity index (χ0v) is 16.5. The van der Waals surface area contributed by atoms with Gasteiger partial charge in [0.25, 0.3) is 5.91 Å². The van der Waals surface area contributed by atoms with Crippen LogP contribution in [0.2, 0.25) is 5.02 Å². The fraction of sp³-hybridized carbons (Fsp3) is 0.421. The van der Waals surface area contributed by atoms with Crippen LogP contribution in [0.15, 0.2) is 24.3 Å². The van der Waals surface area contributed by atoms with E-state index < -0.39 is 6.04 Å². The molecule has 2 N–H and O–H groups in total. The smallest absolute Gasteiger partial charge is 0.251 e. The van der Waals surface area contributed by atoms with Crippen molar-refractivity contribution in [1.82, 2.24) is 20.4 Å². The van der Waals surface area contributed by atoms with E-state index in [4.69, 9.17) is 11.6 Å². The van der Waals surface area contributed by atoms with E-state index in [9.17, 15) is 9.59 Å². The van der Waals surface area contributed by atoms with Crippen LogP contribution in [0.3, 0.4) is 0 Å². The van der Waals surface area contributed by atoms with Crippen LogP contribution in [-0.4, -0.2) is 33.7 Å². The molecule has 0 fully saturated rings. The number of benzene rings is 1. The Morgan fingerprint density at radius 1 is 1.15 bits per heavy atom. The Bertz CT molecular complexity index is 799. The van der Waals surface area contributed by atoms with Gasteiger partial charge in [0.15, 0.2) is 0 Å². The first kappa shape index (κ1) is 20.0. The maximum absolute atomic E-state index is 12.4. The van der Waals surface area contributed by atoms with Gasteiger partial charge >= 0.3 is 0 Å². The summed E-state index contributed by atoms with van der Waals surface area (Å²) in [5.41, 5.74) is 2.89. The van der Waals surface area contributed by atoms with E-state index in [0.29, 0.717) is 10.6 Å². The van der Waals surface area contributed by atoms with Gasteiger partial charge in [0.05, 0.1) is 22.1 Å². The minimum Gasteiger partial charge on any atom is -0.352 e. The highest BCUT2D eigenvalue weighted by molar-refractivity contribution is 6.31. The van der Waals surface area contributed by atoms with Gasteiger partial charge in [-0.25, -0.2) is 4.68 Å². The summed E-state index contributed by atoms with van der Waals surface area (Å²) in [5.74, 6) is -0.489. The highest BCUT2D eigenvalue weighted by atomic mass is 35.5. The van der Waals surface area contributed by atoms with Crippen molar-refractivity contribution in [3.63, 3.8) is 0 Å². The number of amides is 2. The maximum Gasteiger partial charge on any atom is 0.251 e. The molecule has 0 aliphatic heterocycles. The number of aryl methyl sites for hydroxylation is 1. The largest absolute Gasteiger partial charge is 0.352 e. The predicted octanol–water partition coefficient (Wildman–Crippen LogP) is 3.18. The average Bonchev–Trinajstić information content (AvgIpc) is 2.88. The molecule has 0 aliphatic carbocycles. The van der Waals surface area contributed by atoms with Crippen LogP contribution in [0.25, 0.3) is 5.69 Å². The molecule has 2 rings (SSSR count). The van der Waals surface area contributed by atoms with E-state index in [1.54, 1.807) is 35.9 Å². The Balaban J connectivity index is 2.07. The van der Waals surface area contributed by atoms with Crippen molar-refractivity contribution < 1.29 is 9.59 Å². The molecule has 2 amide bonds. The summed E-state index contributed by atoms with van der Waals surface area (Å²) in [6.45, 7) is 9.32. The number of rotatable bonds is 6. The number of hydrogen-bond acceptors (Lipinski definition) is 3. The van der Waals surface area contributed by atoms with Gasteiger partial charge in [-0.2, -0.15) is 5.10 Å². The lowest BCUT2D eigenvalue weighted by molar-refractivity contribution is -0.123. The van der Waals surface area contributed by atoms with E-state index in [1.807, 2.05) is 27.7 Å². The van der Waals surface area contributed by atoms with Gasteiger partial charge in [0, 0.05) is 11.6 Å². The molecule has 0 saturated heterocycles. The summed E-state index contributed by atoms with van der Waals surface area (Å²) in [6.07, 6.45) is 0.838. The molecular weight excluding hydrogens is 352 g/mol. The molecule has 2 atom stereocenters. The van der Waals surface area contributed by atoms with E-state index in [2.05, 4.69) is 15.7 Å². The van der Waals surface area contributed by atoms with Crippen LogP contribution in [-0.2, 0) is 4.79 Å². The number of nitrogens with zero attached hydrogens (tertiary/aromatic N) is 2. The molecular formula is C19H25ClN4O2. The van der Waals surface area contributed by atoms with E-state index >= 15 is 0 Å². The fourth-order valence-corrected chi connectivity index (χ4v) is 2.56. The summed E-state index contributed by atoms with van der Waals surface area (Å²) in [4.78, 5) is 24.4. The summed E-state index contributed by atoms with van der Waals surface area (Å²) in [5, 5.41) is 10.6. The van der Waals surface area contributed by atoms with Crippen molar-refractivity contribution in [1.29, 1.82) is 0 Å². The zero-order chi connectivity index (χ0) is 19.4. The molecule has 2 aromatic rings. The quantitative estimate of drug-likeness (QED) is 0.812. The van der Waals surface area contributed by atoms with Gasteiger partial charge in [-0.1, -0.05) is 18.5 Å². The number of nitrogens with one attached hydrogen (secondary N) is 2. The minimum absolute atomic E-state index is 0.0775. The second kappa shape index (κ2) is 8.36. The van der Waals surface area contributed by atoms with Crippen molar-refractivity contribution >= 4 is 23.4 Å². The summed E-state index contributed by atoms with van der Waals surface area (Å²) < 4.78 is 1.74. The highest BCUT2D eigenvalue weighted by Crippen LogP contribution is 2.22. The molecule has 2 unspecified atom stereocenters. The number of aromatic nitrogens is 2. The molecule has 0 saturated carbocycles. The van der Waals surface area contributed by atoms with Gasteiger partial charge in [-0.3, -0.25) is 9.59 Å². The standard InChI is InChI=1S/C19H25ClN4O2/c1-6-11(2)21-18(25)13(4)22-19(26)15-7-9-16(10-8-15)24-14(5)17(20)12(3)23-24/h7-11,13H,6H2,1-5H3,(H,21,25)(H,22,26). The Labute approximate surface area is 158 Å². The fourth-order valence-electron chi connectivity index (χ4n) is 2.44. The average molecular weight is 377 g/mol. The van der Waals surface area contributed by atoms with Gasteiger partial charge in [0.2, 0.25) is 5.91 Å². The third-order valence-electron chi connectivity index (χ3n) is 4.32. The first-order chi connectivity index (χ1) is 12.2.